The lowest BCUT2D eigenvalue weighted by molar-refractivity contribution is 0.101. The summed E-state index contributed by atoms with van der Waals surface area (Å²) in [5, 5.41) is 4.04. The minimum atomic E-state index is 0.0101. The van der Waals surface area contributed by atoms with Gasteiger partial charge in [0.1, 0.15) is 4.83 Å². The molecule has 0 atom stereocenters. The monoisotopic (exact) mass is 367 g/mol. The van der Waals surface area contributed by atoms with Crippen molar-refractivity contribution in [1.82, 2.24) is 9.55 Å². The van der Waals surface area contributed by atoms with Crippen LogP contribution in [0.5, 0.6) is 0 Å². The number of aryl methyl sites for hydroxylation is 2. The third kappa shape index (κ3) is 2.84. The average molecular weight is 367 g/mol. The molecule has 4 rings (SSSR count). The minimum absolute atomic E-state index is 0.0101. The summed E-state index contributed by atoms with van der Waals surface area (Å²) in [6.45, 7) is 4.04. The van der Waals surface area contributed by atoms with E-state index in [1.165, 1.54) is 16.9 Å². The lowest BCUT2D eigenvalue weighted by atomic mass is 9.97. The quantitative estimate of drug-likeness (QED) is 0.698. The van der Waals surface area contributed by atoms with Crippen LogP contribution >= 0.6 is 11.3 Å². The number of rotatable bonds is 4. The molecular weight excluding hydrogens is 346 g/mol. The van der Waals surface area contributed by atoms with E-state index in [0.717, 1.165) is 35.2 Å². The summed E-state index contributed by atoms with van der Waals surface area (Å²) < 4.78 is 1.68. The Morgan fingerprint density at radius 2 is 2.12 bits per heavy atom. The summed E-state index contributed by atoms with van der Waals surface area (Å²) >= 11 is 1.65. The van der Waals surface area contributed by atoms with Crippen molar-refractivity contribution in [3.05, 3.63) is 50.6 Å². The molecule has 6 heteroatoms. The van der Waals surface area contributed by atoms with E-state index in [1.807, 2.05) is 19.1 Å². The Morgan fingerprint density at radius 3 is 2.88 bits per heavy atom. The van der Waals surface area contributed by atoms with Gasteiger partial charge in [0.25, 0.3) is 5.56 Å². The number of nitrogens with zero attached hydrogens (tertiary/aromatic N) is 2. The van der Waals surface area contributed by atoms with Gasteiger partial charge in [-0.25, -0.2) is 4.98 Å². The Bertz CT molecular complexity index is 1060. The van der Waals surface area contributed by atoms with Crippen molar-refractivity contribution in [3.63, 3.8) is 0 Å². The highest BCUT2D eigenvalue weighted by atomic mass is 32.1. The van der Waals surface area contributed by atoms with Crippen molar-refractivity contribution < 1.29 is 4.79 Å². The van der Waals surface area contributed by atoms with Crippen LogP contribution in [0.25, 0.3) is 10.2 Å². The zero-order valence-electron chi connectivity index (χ0n) is 15.0. The lowest BCUT2D eigenvalue weighted by Gasteiger charge is -2.14. The molecule has 134 valence electrons. The second kappa shape index (κ2) is 6.68. The van der Waals surface area contributed by atoms with Gasteiger partial charge < -0.3 is 5.32 Å². The average Bonchev–Trinajstić information content (AvgIpc) is 3.00. The highest BCUT2D eigenvalue weighted by Crippen LogP contribution is 2.34. The van der Waals surface area contributed by atoms with Gasteiger partial charge in [0.05, 0.1) is 5.39 Å². The number of carbonyl (C=O) groups is 1. The highest BCUT2D eigenvalue weighted by molar-refractivity contribution is 7.18. The number of thiophene rings is 1. The van der Waals surface area contributed by atoms with Crippen LogP contribution in [0.15, 0.2) is 29.1 Å². The van der Waals surface area contributed by atoms with E-state index in [4.69, 9.17) is 4.98 Å². The molecule has 0 spiro atoms. The molecule has 0 amide bonds. The van der Waals surface area contributed by atoms with Crippen LogP contribution in [-0.2, 0) is 19.4 Å². The third-order valence-electron chi connectivity index (χ3n) is 4.92. The number of Topliss-reactive ketones (excluding diaryl/α,β-unsaturated/α-hetero) is 1. The van der Waals surface area contributed by atoms with E-state index in [1.54, 1.807) is 35.0 Å². The fourth-order valence-corrected chi connectivity index (χ4v) is 4.82. The molecule has 0 saturated carbocycles. The molecule has 0 radical (unpaired) electrons. The fourth-order valence-electron chi connectivity index (χ4n) is 3.57. The maximum absolute atomic E-state index is 13.1. The Kier molecular flexibility index (Phi) is 4.36. The van der Waals surface area contributed by atoms with Crippen molar-refractivity contribution >= 4 is 39.0 Å². The first kappa shape index (κ1) is 17.0. The Hall–Kier alpha value is -2.47. The van der Waals surface area contributed by atoms with E-state index >= 15 is 0 Å². The SMILES string of the molecule is CCn1c(Nc2cccc(C(C)=O)c2)nc2sc3c(c2c1=O)CCCC3. The van der Waals surface area contributed by atoms with Crippen molar-refractivity contribution in [1.29, 1.82) is 0 Å². The molecule has 2 heterocycles. The van der Waals surface area contributed by atoms with E-state index in [9.17, 15) is 9.59 Å². The second-order valence-electron chi connectivity index (χ2n) is 6.64. The van der Waals surface area contributed by atoms with E-state index in [-0.39, 0.29) is 11.3 Å². The first-order valence-corrected chi connectivity index (χ1v) is 9.83. The van der Waals surface area contributed by atoms with Crippen LogP contribution in [0.3, 0.4) is 0 Å². The molecule has 0 saturated heterocycles. The molecule has 1 aliphatic carbocycles. The smallest absolute Gasteiger partial charge is 0.263 e. The standard InChI is InChI=1S/C20H21N3O2S/c1-3-23-19(25)17-15-9-4-5-10-16(15)26-18(17)22-20(23)21-14-8-6-7-13(11-14)12(2)24/h6-8,11H,3-5,9-10H2,1-2H3,(H,21,22). The highest BCUT2D eigenvalue weighted by Gasteiger charge is 2.21. The minimum Gasteiger partial charge on any atom is -0.325 e. The van der Waals surface area contributed by atoms with Gasteiger partial charge in [0.15, 0.2) is 5.78 Å². The number of aromatic nitrogens is 2. The van der Waals surface area contributed by atoms with E-state index in [0.29, 0.717) is 18.1 Å². The van der Waals surface area contributed by atoms with Gasteiger partial charge in [-0.05, 0) is 57.2 Å². The number of fused-ring (bicyclic) bond motifs is 3. The van der Waals surface area contributed by atoms with Gasteiger partial charge in [0.2, 0.25) is 5.95 Å². The predicted molar refractivity (Wildman–Crippen MR) is 106 cm³/mol. The summed E-state index contributed by atoms with van der Waals surface area (Å²) in [7, 11) is 0. The van der Waals surface area contributed by atoms with Gasteiger partial charge in [-0.1, -0.05) is 12.1 Å². The molecule has 1 aromatic carbocycles. The summed E-state index contributed by atoms with van der Waals surface area (Å²) in [5.74, 6) is 0.542. The number of carbonyl (C=O) groups excluding carboxylic acids is 1. The van der Waals surface area contributed by atoms with Gasteiger partial charge in [-0.15, -0.1) is 11.3 Å². The Balaban J connectivity index is 1.84. The van der Waals surface area contributed by atoms with Crippen molar-refractivity contribution in [2.75, 3.05) is 5.32 Å². The normalized spacial score (nSPS) is 13.6. The van der Waals surface area contributed by atoms with Crippen LogP contribution < -0.4 is 10.9 Å². The summed E-state index contributed by atoms with van der Waals surface area (Å²) in [6, 6.07) is 7.28. The van der Waals surface area contributed by atoms with Crippen LogP contribution in [0.2, 0.25) is 0 Å². The zero-order valence-corrected chi connectivity index (χ0v) is 15.8. The molecular formula is C20H21N3O2S. The summed E-state index contributed by atoms with van der Waals surface area (Å²) in [5.41, 5.74) is 2.63. The molecule has 0 fully saturated rings. The molecule has 1 aliphatic rings. The largest absolute Gasteiger partial charge is 0.325 e. The summed E-state index contributed by atoms with van der Waals surface area (Å²) in [6.07, 6.45) is 4.35. The van der Waals surface area contributed by atoms with Gasteiger partial charge in [0, 0.05) is 22.7 Å². The van der Waals surface area contributed by atoms with Crippen LogP contribution in [0.4, 0.5) is 11.6 Å². The molecule has 26 heavy (non-hydrogen) atoms. The first-order chi connectivity index (χ1) is 12.6. The van der Waals surface area contributed by atoms with E-state index < -0.39 is 0 Å². The third-order valence-corrected chi connectivity index (χ3v) is 6.10. The number of hydrogen-bond acceptors (Lipinski definition) is 5. The fraction of sp³-hybridized carbons (Fsp3) is 0.350. The number of benzene rings is 1. The Morgan fingerprint density at radius 1 is 1.31 bits per heavy atom. The number of ketones is 1. The maximum Gasteiger partial charge on any atom is 0.263 e. The Labute approximate surface area is 155 Å². The summed E-state index contributed by atoms with van der Waals surface area (Å²) in [4.78, 5) is 31.6. The van der Waals surface area contributed by atoms with Crippen molar-refractivity contribution in [2.45, 2.75) is 46.1 Å². The van der Waals surface area contributed by atoms with E-state index in [2.05, 4.69) is 5.32 Å². The molecule has 2 aromatic heterocycles. The van der Waals surface area contributed by atoms with Crippen LogP contribution in [0.1, 0.15) is 47.5 Å². The van der Waals surface area contributed by atoms with Crippen LogP contribution in [0, 0.1) is 0 Å². The molecule has 1 N–H and O–H groups in total. The molecule has 3 aromatic rings. The van der Waals surface area contributed by atoms with Crippen molar-refractivity contribution in [3.8, 4) is 0 Å². The van der Waals surface area contributed by atoms with Gasteiger partial charge >= 0.3 is 0 Å². The molecule has 0 unspecified atom stereocenters. The molecule has 0 bridgehead atoms. The lowest BCUT2D eigenvalue weighted by Crippen LogP contribution is -2.23. The second-order valence-corrected chi connectivity index (χ2v) is 7.72. The van der Waals surface area contributed by atoms with Crippen molar-refractivity contribution in [2.24, 2.45) is 0 Å². The first-order valence-electron chi connectivity index (χ1n) is 9.01. The zero-order chi connectivity index (χ0) is 18.3. The topological polar surface area (TPSA) is 64.0 Å². The van der Waals surface area contributed by atoms with Gasteiger partial charge in [-0.2, -0.15) is 0 Å². The number of anilines is 2. The predicted octanol–water partition coefficient (Wildman–Crippen LogP) is 4.30. The molecule has 5 nitrogen and oxygen atoms in total. The number of hydrogen-bond donors (Lipinski definition) is 1. The number of nitrogens with one attached hydrogen (secondary N) is 1. The van der Waals surface area contributed by atoms with Gasteiger partial charge in [-0.3, -0.25) is 14.2 Å². The maximum atomic E-state index is 13.1. The van der Waals surface area contributed by atoms with Crippen LogP contribution in [-0.4, -0.2) is 15.3 Å². The molecule has 0 aliphatic heterocycles.